The van der Waals surface area contributed by atoms with Gasteiger partial charge in [0.05, 0.1) is 5.69 Å². The average Bonchev–Trinajstić information content (AvgIpc) is 2.81. The summed E-state index contributed by atoms with van der Waals surface area (Å²) in [6.45, 7) is 0. The molecule has 0 spiro atoms. The molecule has 1 aromatic heterocycles. The van der Waals surface area contributed by atoms with Gasteiger partial charge in [0, 0.05) is 29.8 Å². The number of rotatable bonds is 2. The summed E-state index contributed by atoms with van der Waals surface area (Å²) in [7, 11) is 1.92. The number of aryl methyl sites for hydroxylation is 1. The molecule has 0 radical (unpaired) electrons. The molecule has 0 saturated heterocycles. The lowest BCUT2D eigenvalue weighted by Gasteiger charge is -2.09. The Hall–Kier alpha value is -2.43. The van der Waals surface area contributed by atoms with Crippen molar-refractivity contribution in [3.05, 3.63) is 60.0 Å². The normalized spacial score (nSPS) is 11.0. The summed E-state index contributed by atoms with van der Waals surface area (Å²) < 4.78 is 41.6. The molecular weight excluding hydrogens is 265 g/mol. The lowest BCUT2D eigenvalue weighted by atomic mass is 10.2. The molecule has 0 bridgehead atoms. The Labute approximate surface area is 113 Å². The van der Waals surface area contributed by atoms with Crippen LogP contribution in [-0.4, -0.2) is 4.57 Å². The Balaban J connectivity index is 1.99. The highest BCUT2D eigenvalue weighted by atomic mass is 19.2. The summed E-state index contributed by atoms with van der Waals surface area (Å²) in [4.78, 5) is 0. The van der Waals surface area contributed by atoms with Crippen molar-refractivity contribution in [2.45, 2.75) is 0 Å². The Morgan fingerprint density at radius 2 is 1.75 bits per heavy atom. The van der Waals surface area contributed by atoms with Gasteiger partial charge in [0.25, 0.3) is 0 Å². The minimum atomic E-state index is -1.48. The van der Waals surface area contributed by atoms with Gasteiger partial charge in [-0.2, -0.15) is 0 Å². The highest BCUT2D eigenvalue weighted by Gasteiger charge is 2.13. The van der Waals surface area contributed by atoms with Crippen molar-refractivity contribution in [3.63, 3.8) is 0 Å². The maximum Gasteiger partial charge on any atom is 0.196 e. The van der Waals surface area contributed by atoms with E-state index >= 15 is 0 Å². The van der Waals surface area contributed by atoms with Gasteiger partial charge in [-0.15, -0.1) is 0 Å². The zero-order valence-electron chi connectivity index (χ0n) is 10.6. The van der Waals surface area contributed by atoms with E-state index in [2.05, 4.69) is 5.32 Å². The first-order valence-corrected chi connectivity index (χ1v) is 6.02. The highest BCUT2D eigenvalue weighted by Crippen LogP contribution is 2.26. The Bertz CT molecular complexity index is 793. The smallest absolute Gasteiger partial charge is 0.196 e. The molecule has 1 heterocycles. The second kappa shape index (κ2) is 4.59. The fourth-order valence-corrected chi connectivity index (χ4v) is 2.14. The van der Waals surface area contributed by atoms with Crippen molar-refractivity contribution in [1.29, 1.82) is 0 Å². The van der Waals surface area contributed by atoms with Crippen LogP contribution in [0.1, 0.15) is 0 Å². The van der Waals surface area contributed by atoms with Crippen LogP contribution in [0, 0.1) is 17.5 Å². The largest absolute Gasteiger partial charge is 0.353 e. The van der Waals surface area contributed by atoms with Crippen molar-refractivity contribution in [1.82, 2.24) is 4.57 Å². The van der Waals surface area contributed by atoms with E-state index in [1.807, 2.05) is 36.0 Å². The molecule has 0 fully saturated rings. The Morgan fingerprint density at radius 1 is 0.950 bits per heavy atom. The zero-order chi connectivity index (χ0) is 14.3. The molecule has 5 heteroatoms. The number of nitrogens with one attached hydrogen (secondary N) is 1. The van der Waals surface area contributed by atoms with Gasteiger partial charge in [-0.1, -0.05) is 0 Å². The first-order chi connectivity index (χ1) is 9.56. The average molecular weight is 276 g/mol. The van der Waals surface area contributed by atoms with Crippen molar-refractivity contribution < 1.29 is 13.2 Å². The number of hydrogen-bond donors (Lipinski definition) is 1. The van der Waals surface area contributed by atoms with Crippen LogP contribution in [0.5, 0.6) is 0 Å². The van der Waals surface area contributed by atoms with E-state index in [0.29, 0.717) is 5.69 Å². The van der Waals surface area contributed by atoms with Crippen LogP contribution < -0.4 is 5.32 Å². The van der Waals surface area contributed by atoms with E-state index < -0.39 is 17.5 Å². The number of anilines is 2. The first-order valence-electron chi connectivity index (χ1n) is 6.02. The fraction of sp³-hybridized carbons (Fsp3) is 0.0667. The predicted octanol–water partition coefficient (Wildman–Crippen LogP) is 4.34. The van der Waals surface area contributed by atoms with Gasteiger partial charge >= 0.3 is 0 Å². The minimum absolute atomic E-state index is 0.0980. The van der Waals surface area contributed by atoms with Crippen LogP contribution >= 0.6 is 0 Å². The number of fused-ring (bicyclic) bond motifs is 1. The van der Waals surface area contributed by atoms with Crippen LogP contribution in [0.4, 0.5) is 24.5 Å². The molecule has 0 aliphatic heterocycles. The molecule has 0 atom stereocenters. The second-order valence-corrected chi connectivity index (χ2v) is 4.55. The minimum Gasteiger partial charge on any atom is -0.353 e. The molecule has 0 saturated carbocycles. The second-order valence-electron chi connectivity index (χ2n) is 4.55. The van der Waals surface area contributed by atoms with E-state index in [0.717, 1.165) is 17.0 Å². The van der Waals surface area contributed by atoms with E-state index in [-0.39, 0.29) is 5.69 Å². The van der Waals surface area contributed by atoms with Crippen molar-refractivity contribution in [2.24, 2.45) is 7.05 Å². The van der Waals surface area contributed by atoms with Crippen LogP contribution in [0.15, 0.2) is 42.6 Å². The fourth-order valence-electron chi connectivity index (χ4n) is 2.14. The SMILES string of the molecule is Cn1ccc2cc(Nc3ccc(F)c(F)c3F)ccc21. The molecule has 2 nitrogen and oxygen atoms in total. The van der Waals surface area contributed by atoms with Gasteiger partial charge in [-0.25, -0.2) is 13.2 Å². The number of aromatic nitrogens is 1. The summed E-state index contributed by atoms with van der Waals surface area (Å²) in [5.41, 5.74) is 1.54. The first kappa shape index (κ1) is 12.6. The van der Waals surface area contributed by atoms with Gasteiger partial charge in [-0.05, 0) is 36.4 Å². The third-order valence-electron chi connectivity index (χ3n) is 3.20. The Morgan fingerprint density at radius 3 is 2.55 bits per heavy atom. The predicted molar refractivity (Wildman–Crippen MR) is 72.5 cm³/mol. The number of nitrogens with zero attached hydrogens (tertiary/aromatic N) is 1. The highest BCUT2D eigenvalue weighted by molar-refractivity contribution is 5.84. The van der Waals surface area contributed by atoms with Crippen molar-refractivity contribution >= 4 is 22.3 Å². The van der Waals surface area contributed by atoms with Gasteiger partial charge in [0.2, 0.25) is 0 Å². The standard InChI is InChI=1S/C15H11F3N2/c1-20-7-6-9-8-10(2-5-13(9)20)19-12-4-3-11(16)14(17)15(12)18/h2-8,19H,1H3. The molecule has 0 amide bonds. The molecule has 20 heavy (non-hydrogen) atoms. The topological polar surface area (TPSA) is 17.0 Å². The van der Waals surface area contributed by atoms with Gasteiger partial charge < -0.3 is 9.88 Å². The summed E-state index contributed by atoms with van der Waals surface area (Å²) in [5, 5.41) is 3.72. The van der Waals surface area contributed by atoms with Crippen LogP contribution in [0.3, 0.4) is 0 Å². The molecule has 102 valence electrons. The molecular formula is C15H11F3N2. The zero-order valence-corrected chi connectivity index (χ0v) is 10.6. The summed E-state index contributed by atoms with van der Waals surface area (Å²) in [5.74, 6) is -3.90. The Kier molecular flexibility index (Phi) is 2.89. The molecule has 2 aromatic carbocycles. The van der Waals surface area contributed by atoms with Gasteiger partial charge in [0.15, 0.2) is 17.5 Å². The molecule has 1 N–H and O–H groups in total. The van der Waals surface area contributed by atoms with Gasteiger partial charge in [-0.3, -0.25) is 0 Å². The number of halogens is 3. The van der Waals surface area contributed by atoms with Gasteiger partial charge in [0.1, 0.15) is 0 Å². The lowest BCUT2D eigenvalue weighted by molar-refractivity contribution is 0.449. The van der Waals surface area contributed by atoms with E-state index in [1.54, 1.807) is 6.07 Å². The number of hydrogen-bond acceptors (Lipinski definition) is 1. The molecule has 3 rings (SSSR count). The van der Waals surface area contributed by atoms with Crippen molar-refractivity contribution in [3.8, 4) is 0 Å². The van der Waals surface area contributed by atoms with E-state index in [1.165, 1.54) is 6.07 Å². The van der Waals surface area contributed by atoms with Crippen LogP contribution in [-0.2, 0) is 7.05 Å². The summed E-state index contributed by atoms with van der Waals surface area (Å²) in [6, 6.07) is 9.42. The molecule has 0 aliphatic rings. The summed E-state index contributed by atoms with van der Waals surface area (Å²) >= 11 is 0. The van der Waals surface area contributed by atoms with E-state index in [4.69, 9.17) is 0 Å². The molecule has 0 aliphatic carbocycles. The van der Waals surface area contributed by atoms with Crippen molar-refractivity contribution in [2.75, 3.05) is 5.32 Å². The lowest BCUT2D eigenvalue weighted by Crippen LogP contribution is -1.98. The maximum absolute atomic E-state index is 13.6. The van der Waals surface area contributed by atoms with E-state index in [9.17, 15) is 13.2 Å². The molecule has 0 unspecified atom stereocenters. The quantitative estimate of drug-likeness (QED) is 0.689. The third-order valence-corrected chi connectivity index (χ3v) is 3.20. The maximum atomic E-state index is 13.6. The van der Waals surface area contributed by atoms with Crippen LogP contribution in [0.2, 0.25) is 0 Å². The molecule has 3 aromatic rings. The van der Waals surface area contributed by atoms with Crippen LogP contribution in [0.25, 0.3) is 10.9 Å². The summed E-state index contributed by atoms with van der Waals surface area (Å²) in [6.07, 6.45) is 1.91. The monoisotopic (exact) mass is 276 g/mol. The third kappa shape index (κ3) is 2.01. The number of benzene rings is 2.